The Morgan fingerprint density at radius 2 is 2.29 bits per heavy atom. The third kappa shape index (κ3) is 3.89. The SMILES string of the molecule is CCOC(=O)Cc1cc(C(F)F)nc(Cl)c1Br. The van der Waals surface area contributed by atoms with Crippen LogP contribution < -0.4 is 0 Å². The summed E-state index contributed by atoms with van der Waals surface area (Å²) in [5, 5.41) is -0.0953. The van der Waals surface area contributed by atoms with Crippen LogP contribution >= 0.6 is 27.5 Å². The number of hydrogen-bond donors (Lipinski definition) is 0. The van der Waals surface area contributed by atoms with Gasteiger partial charge >= 0.3 is 5.97 Å². The number of ether oxygens (including phenoxy) is 1. The zero-order valence-corrected chi connectivity index (χ0v) is 11.2. The molecule has 0 bridgehead atoms. The van der Waals surface area contributed by atoms with Crippen LogP contribution in [0.2, 0.25) is 5.15 Å². The van der Waals surface area contributed by atoms with Crippen LogP contribution in [0.4, 0.5) is 8.78 Å². The fraction of sp³-hybridized carbons (Fsp3) is 0.400. The van der Waals surface area contributed by atoms with Crippen LogP contribution in [-0.2, 0) is 16.0 Å². The van der Waals surface area contributed by atoms with Crippen molar-refractivity contribution in [3.05, 3.63) is 26.9 Å². The van der Waals surface area contributed by atoms with E-state index in [1.165, 1.54) is 0 Å². The molecule has 0 aromatic carbocycles. The fourth-order valence-electron chi connectivity index (χ4n) is 1.18. The molecule has 0 radical (unpaired) electrons. The van der Waals surface area contributed by atoms with Crippen LogP contribution in [0, 0.1) is 0 Å². The van der Waals surface area contributed by atoms with Gasteiger partial charge in [0.05, 0.1) is 17.5 Å². The third-order valence-electron chi connectivity index (χ3n) is 1.88. The first-order valence-corrected chi connectivity index (χ1v) is 5.91. The van der Waals surface area contributed by atoms with E-state index in [4.69, 9.17) is 16.3 Å². The first-order valence-electron chi connectivity index (χ1n) is 4.74. The van der Waals surface area contributed by atoms with Gasteiger partial charge in [-0.25, -0.2) is 13.8 Å². The average Bonchev–Trinajstić information content (AvgIpc) is 2.24. The Labute approximate surface area is 110 Å². The van der Waals surface area contributed by atoms with Gasteiger partial charge in [0.25, 0.3) is 6.43 Å². The molecule has 0 amide bonds. The second kappa shape index (κ2) is 6.26. The lowest BCUT2D eigenvalue weighted by Crippen LogP contribution is -2.09. The van der Waals surface area contributed by atoms with Gasteiger partial charge in [0.1, 0.15) is 10.8 Å². The number of hydrogen-bond acceptors (Lipinski definition) is 3. The summed E-state index contributed by atoms with van der Waals surface area (Å²) in [6.45, 7) is 1.90. The van der Waals surface area contributed by atoms with Crippen molar-refractivity contribution in [3.63, 3.8) is 0 Å². The Morgan fingerprint density at radius 1 is 1.65 bits per heavy atom. The van der Waals surface area contributed by atoms with E-state index >= 15 is 0 Å². The number of esters is 1. The molecule has 1 heterocycles. The lowest BCUT2D eigenvalue weighted by molar-refractivity contribution is -0.142. The molecule has 0 aliphatic carbocycles. The van der Waals surface area contributed by atoms with Gasteiger partial charge in [-0.2, -0.15) is 0 Å². The lowest BCUT2D eigenvalue weighted by Gasteiger charge is -2.08. The van der Waals surface area contributed by atoms with E-state index in [2.05, 4.69) is 20.9 Å². The molecule has 1 rings (SSSR count). The van der Waals surface area contributed by atoms with Crippen molar-refractivity contribution in [2.45, 2.75) is 19.8 Å². The number of nitrogens with zero attached hydrogens (tertiary/aromatic N) is 1. The average molecular weight is 329 g/mol. The largest absolute Gasteiger partial charge is 0.466 e. The van der Waals surface area contributed by atoms with Crippen molar-refractivity contribution >= 4 is 33.5 Å². The molecule has 0 unspecified atom stereocenters. The van der Waals surface area contributed by atoms with E-state index in [9.17, 15) is 13.6 Å². The molecule has 0 saturated heterocycles. The molecular weight excluding hydrogens is 319 g/mol. The second-order valence-electron chi connectivity index (χ2n) is 3.09. The minimum atomic E-state index is -2.73. The molecule has 17 heavy (non-hydrogen) atoms. The molecule has 94 valence electrons. The molecule has 0 saturated carbocycles. The molecule has 0 aliphatic rings. The summed E-state index contributed by atoms with van der Waals surface area (Å²) in [7, 11) is 0. The van der Waals surface area contributed by atoms with Crippen LogP contribution in [0.15, 0.2) is 10.5 Å². The summed E-state index contributed by atoms with van der Waals surface area (Å²) < 4.78 is 30.0. The predicted octanol–water partition coefficient (Wildman–Crippen LogP) is 3.54. The van der Waals surface area contributed by atoms with Crippen molar-refractivity contribution in [3.8, 4) is 0 Å². The number of carbonyl (C=O) groups is 1. The molecule has 1 aromatic rings. The molecule has 0 fully saturated rings. The van der Waals surface area contributed by atoms with Crippen molar-refractivity contribution in [2.24, 2.45) is 0 Å². The highest BCUT2D eigenvalue weighted by Crippen LogP contribution is 2.29. The molecule has 0 aliphatic heterocycles. The van der Waals surface area contributed by atoms with Gasteiger partial charge in [-0.1, -0.05) is 11.6 Å². The maximum absolute atomic E-state index is 12.5. The van der Waals surface area contributed by atoms with Crippen molar-refractivity contribution < 1.29 is 18.3 Å². The standard InChI is InChI=1S/C10H9BrClF2NO2/c1-2-17-7(16)4-5-3-6(10(13)14)15-9(12)8(5)11/h3,10H,2,4H2,1H3. The van der Waals surface area contributed by atoms with E-state index in [1.54, 1.807) is 6.92 Å². The molecule has 1 aromatic heterocycles. The molecule has 0 spiro atoms. The predicted molar refractivity (Wildman–Crippen MR) is 62.2 cm³/mol. The highest BCUT2D eigenvalue weighted by Gasteiger charge is 2.17. The molecule has 7 heteroatoms. The quantitative estimate of drug-likeness (QED) is 0.627. The Balaban J connectivity index is 3.01. The van der Waals surface area contributed by atoms with Gasteiger partial charge in [0, 0.05) is 0 Å². The van der Waals surface area contributed by atoms with Gasteiger partial charge in [0.15, 0.2) is 0 Å². The van der Waals surface area contributed by atoms with Crippen LogP contribution in [0.25, 0.3) is 0 Å². The van der Waals surface area contributed by atoms with E-state index in [0.29, 0.717) is 10.0 Å². The van der Waals surface area contributed by atoms with Crippen LogP contribution in [0.3, 0.4) is 0 Å². The normalized spacial score (nSPS) is 10.7. The second-order valence-corrected chi connectivity index (χ2v) is 4.24. The fourth-order valence-corrected chi connectivity index (χ4v) is 1.74. The first kappa shape index (κ1) is 14.3. The van der Waals surface area contributed by atoms with Gasteiger partial charge in [-0.3, -0.25) is 4.79 Å². The number of rotatable bonds is 4. The molecule has 3 nitrogen and oxygen atoms in total. The monoisotopic (exact) mass is 327 g/mol. The van der Waals surface area contributed by atoms with Crippen molar-refractivity contribution in [1.29, 1.82) is 0 Å². The van der Waals surface area contributed by atoms with E-state index in [1.807, 2.05) is 0 Å². The lowest BCUT2D eigenvalue weighted by atomic mass is 10.1. The van der Waals surface area contributed by atoms with Crippen molar-refractivity contribution in [2.75, 3.05) is 6.61 Å². The van der Waals surface area contributed by atoms with E-state index < -0.39 is 18.1 Å². The summed E-state index contributed by atoms with van der Waals surface area (Å²) in [6, 6.07) is 1.14. The number of pyridine rings is 1. The smallest absolute Gasteiger partial charge is 0.310 e. The Bertz CT molecular complexity index is 429. The minimum Gasteiger partial charge on any atom is -0.466 e. The summed E-state index contributed by atoms with van der Waals surface area (Å²) in [6.07, 6.45) is -2.86. The molecule has 0 N–H and O–H groups in total. The van der Waals surface area contributed by atoms with Crippen LogP contribution in [-0.4, -0.2) is 17.6 Å². The maximum Gasteiger partial charge on any atom is 0.310 e. The number of aromatic nitrogens is 1. The van der Waals surface area contributed by atoms with Crippen LogP contribution in [0.1, 0.15) is 24.6 Å². The molecular formula is C10H9BrClF2NO2. The highest BCUT2D eigenvalue weighted by molar-refractivity contribution is 9.10. The van der Waals surface area contributed by atoms with Gasteiger partial charge in [-0.15, -0.1) is 0 Å². The topological polar surface area (TPSA) is 39.2 Å². The molecule has 0 atom stereocenters. The first-order chi connectivity index (χ1) is 7.95. The third-order valence-corrected chi connectivity index (χ3v) is 3.26. The number of alkyl halides is 2. The maximum atomic E-state index is 12.5. The van der Waals surface area contributed by atoms with Gasteiger partial charge in [0.2, 0.25) is 0 Å². The van der Waals surface area contributed by atoms with E-state index in [0.717, 1.165) is 6.07 Å². The zero-order valence-electron chi connectivity index (χ0n) is 8.84. The minimum absolute atomic E-state index is 0.0953. The summed E-state index contributed by atoms with van der Waals surface area (Å²) >= 11 is 8.78. The summed E-state index contributed by atoms with van der Waals surface area (Å²) in [4.78, 5) is 14.8. The summed E-state index contributed by atoms with van der Waals surface area (Å²) in [5.41, 5.74) is -0.128. The number of carbonyl (C=O) groups excluding carboxylic acids is 1. The Hall–Kier alpha value is -0.750. The Morgan fingerprint density at radius 3 is 2.82 bits per heavy atom. The highest BCUT2D eigenvalue weighted by atomic mass is 79.9. The van der Waals surface area contributed by atoms with Gasteiger partial charge < -0.3 is 4.74 Å². The zero-order chi connectivity index (χ0) is 13.0. The summed E-state index contributed by atoms with van der Waals surface area (Å²) in [5.74, 6) is -0.504. The van der Waals surface area contributed by atoms with Crippen molar-refractivity contribution in [1.82, 2.24) is 4.98 Å². The van der Waals surface area contributed by atoms with Gasteiger partial charge in [-0.05, 0) is 34.5 Å². The number of halogens is 4. The van der Waals surface area contributed by atoms with E-state index in [-0.39, 0.29) is 18.2 Å². The van der Waals surface area contributed by atoms with Crippen LogP contribution in [0.5, 0.6) is 0 Å². The Kier molecular flexibility index (Phi) is 5.27.